The summed E-state index contributed by atoms with van der Waals surface area (Å²) in [5.74, 6) is 1.71. The minimum atomic E-state index is 0.221. The molecule has 0 aromatic carbocycles. The van der Waals surface area contributed by atoms with Gasteiger partial charge in [0.15, 0.2) is 5.16 Å². The molecule has 6 heteroatoms. The van der Waals surface area contributed by atoms with E-state index in [0.717, 1.165) is 23.3 Å². The van der Waals surface area contributed by atoms with Gasteiger partial charge in [-0.3, -0.25) is 0 Å². The second kappa shape index (κ2) is 6.09. The van der Waals surface area contributed by atoms with E-state index in [9.17, 15) is 0 Å². The van der Waals surface area contributed by atoms with Gasteiger partial charge in [-0.15, -0.1) is 10.2 Å². The van der Waals surface area contributed by atoms with Crippen LogP contribution in [0.2, 0.25) is 0 Å². The van der Waals surface area contributed by atoms with Crippen LogP contribution >= 0.6 is 11.8 Å². The van der Waals surface area contributed by atoms with E-state index in [1.54, 1.807) is 18.9 Å². The van der Waals surface area contributed by atoms with E-state index in [1.807, 2.05) is 11.5 Å². The molecule has 86 valence electrons. The summed E-state index contributed by atoms with van der Waals surface area (Å²) >= 11 is 1.65. The molecule has 1 rings (SSSR count). The number of hydrogen-bond acceptors (Lipinski definition) is 5. The van der Waals surface area contributed by atoms with Crippen LogP contribution in [0.25, 0.3) is 0 Å². The van der Waals surface area contributed by atoms with E-state index in [2.05, 4.69) is 17.1 Å². The zero-order valence-corrected chi connectivity index (χ0v) is 10.3. The van der Waals surface area contributed by atoms with Crippen molar-refractivity contribution in [2.75, 3.05) is 12.9 Å². The van der Waals surface area contributed by atoms with Crippen molar-refractivity contribution in [3.8, 4) is 0 Å². The fraction of sp³-hybridized carbons (Fsp3) is 0.778. The Bertz CT molecular complexity index is 302. The molecule has 0 aliphatic rings. The van der Waals surface area contributed by atoms with Gasteiger partial charge in [0.2, 0.25) is 0 Å². The highest BCUT2D eigenvalue weighted by Crippen LogP contribution is 2.18. The first kappa shape index (κ1) is 12.5. The summed E-state index contributed by atoms with van der Waals surface area (Å²) < 4.78 is 7.21. The van der Waals surface area contributed by atoms with E-state index in [-0.39, 0.29) is 6.10 Å². The Balaban J connectivity index is 2.64. The Kier molecular flexibility index (Phi) is 5.07. The Morgan fingerprint density at radius 1 is 1.53 bits per heavy atom. The number of aromatic nitrogens is 3. The number of hydrogen-bond donors (Lipinski definition) is 1. The van der Waals surface area contributed by atoms with Gasteiger partial charge in [0.1, 0.15) is 5.82 Å². The predicted octanol–water partition coefficient (Wildman–Crippen LogP) is 0.884. The van der Waals surface area contributed by atoms with Crippen molar-refractivity contribution in [1.82, 2.24) is 14.8 Å². The molecule has 0 bridgehead atoms. The average Bonchev–Trinajstić information content (AvgIpc) is 2.67. The lowest BCUT2D eigenvalue weighted by Gasteiger charge is -2.09. The molecule has 0 saturated carbocycles. The molecule has 0 aliphatic carbocycles. The van der Waals surface area contributed by atoms with Crippen molar-refractivity contribution in [1.29, 1.82) is 0 Å². The summed E-state index contributed by atoms with van der Waals surface area (Å²) in [6, 6.07) is 0. The summed E-state index contributed by atoms with van der Waals surface area (Å²) in [4.78, 5) is 0. The minimum absolute atomic E-state index is 0.221. The van der Waals surface area contributed by atoms with Gasteiger partial charge in [-0.25, -0.2) is 0 Å². The molecule has 5 nitrogen and oxygen atoms in total. The smallest absolute Gasteiger partial charge is 0.191 e. The highest BCUT2D eigenvalue weighted by molar-refractivity contribution is 7.99. The van der Waals surface area contributed by atoms with Gasteiger partial charge >= 0.3 is 0 Å². The van der Waals surface area contributed by atoms with Crippen LogP contribution in [0.1, 0.15) is 19.7 Å². The van der Waals surface area contributed by atoms with Crippen molar-refractivity contribution in [2.45, 2.75) is 38.2 Å². The Morgan fingerprint density at radius 3 is 2.80 bits per heavy atom. The summed E-state index contributed by atoms with van der Waals surface area (Å²) in [7, 11) is 1.71. The van der Waals surface area contributed by atoms with E-state index >= 15 is 0 Å². The molecule has 2 N–H and O–H groups in total. The molecule has 1 heterocycles. The predicted molar refractivity (Wildman–Crippen MR) is 60.8 cm³/mol. The molecule has 1 aromatic rings. The van der Waals surface area contributed by atoms with Crippen LogP contribution in [0, 0.1) is 0 Å². The lowest BCUT2D eigenvalue weighted by molar-refractivity contribution is 0.137. The second-order valence-electron chi connectivity index (χ2n) is 3.20. The summed E-state index contributed by atoms with van der Waals surface area (Å²) in [6.45, 7) is 5.38. The molecule has 0 amide bonds. The maximum absolute atomic E-state index is 5.56. The van der Waals surface area contributed by atoms with Gasteiger partial charge in [-0.05, 0) is 13.8 Å². The number of methoxy groups -OCH3 is 1. The normalized spacial score (nSPS) is 13.1. The minimum Gasteiger partial charge on any atom is -0.381 e. The van der Waals surface area contributed by atoms with E-state index in [4.69, 9.17) is 10.5 Å². The molecule has 1 unspecified atom stereocenters. The maximum atomic E-state index is 5.56. The molecule has 0 radical (unpaired) electrons. The van der Waals surface area contributed by atoms with Gasteiger partial charge in [-0.1, -0.05) is 11.8 Å². The average molecular weight is 230 g/mol. The molecule has 0 aliphatic heterocycles. The quantitative estimate of drug-likeness (QED) is 0.735. The third-order valence-corrected chi connectivity index (χ3v) is 3.34. The van der Waals surface area contributed by atoms with E-state index in [1.165, 1.54) is 0 Å². The van der Waals surface area contributed by atoms with Crippen molar-refractivity contribution < 1.29 is 4.74 Å². The maximum Gasteiger partial charge on any atom is 0.191 e. The van der Waals surface area contributed by atoms with Gasteiger partial charge < -0.3 is 15.0 Å². The van der Waals surface area contributed by atoms with Crippen LogP contribution in [0.5, 0.6) is 0 Å². The number of ether oxygens (including phenoxy) is 1. The first-order chi connectivity index (χ1) is 7.22. The van der Waals surface area contributed by atoms with Gasteiger partial charge in [0, 0.05) is 19.4 Å². The molecule has 1 aromatic heterocycles. The lowest BCUT2D eigenvalue weighted by atomic mass is 10.5. The molecule has 15 heavy (non-hydrogen) atoms. The molecule has 0 saturated heterocycles. The fourth-order valence-corrected chi connectivity index (χ4v) is 2.16. The molecular formula is C9H18N4OS. The highest BCUT2D eigenvalue weighted by atomic mass is 32.2. The monoisotopic (exact) mass is 230 g/mol. The van der Waals surface area contributed by atoms with Crippen LogP contribution < -0.4 is 5.73 Å². The second-order valence-corrected chi connectivity index (χ2v) is 4.19. The summed E-state index contributed by atoms with van der Waals surface area (Å²) in [5.41, 5.74) is 5.56. The topological polar surface area (TPSA) is 66.0 Å². The molecule has 0 fully saturated rings. The Labute approximate surface area is 94.4 Å². The summed E-state index contributed by atoms with van der Waals surface area (Å²) in [6.07, 6.45) is 0.221. The summed E-state index contributed by atoms with van der Waals surface area (Å²) in [5, 5.41) is 9.06. The number of rotatable bonds is 6. The largest absolute Gasteiger partial charge is 0.381 e. The lowest BCUT2D eigenvalue weighted by Crippen LogP contribution is -2.10. The van der Waals surface area contributed by atoms with Crippen LogP contribution in [0.3, 0.4) is 0 Å². The van der Waals surface area contributed by atoms with Gasteiger partial charge in [-0.2, -0.15) is 0 Å². The molecule has 0 spiro atoms. The highest BCUT2D eigenvalue weighted by Gasteiger charge is 2.11. The van der Waals surface area contributed by atoms with Crippen LogP contribution in [0.4, 0.5) is 0 Å². The van der Waals surface area contributed by atoms with Crippen LogP contribution in [0.15, 0.2) is 5.16 Å². The molecular weight excluding hydrogens is 212 g/mol. The fourth-order valence-electron chi connectivity index (χ4n) is 1.15. The van der Waals surface area contributed by atoms with E-state index < -0.39 is 0 Å². The first-order valence-electron chi connectivity index (χ1n) is 5.00. The van der Waals surface area contributed by atoms with Crippen molar-refractivity contribution in [3.05, 3.63) is 5.82 Å². The van der Waals surface area contributed by atoms with Crippen molar-refractivity contribution >= 4 is 11.8 Å². The zero-order chi connectivity index (χ0) is 11.3. The SMILES string of the molecule is CCn1c(CN)nnc1SCC(C)OC. The number of nitrogens with two attached hydrogens (primary N) is 1. The number of thioether (sulfide) groups is 1. The third kappa shape index (κ3) is 3.19. The first-order valence-corrected chi connectivity index (χ1v) is 5.99. The van der Waals surface area contributed by atoms with Crippen LogP contribution in [-0.4, -0.2) is 33.7 Å². The zero-order valence-electron chi connectivity index (χ0n) is 9.43. The Morgan fingerprint density at radius 2 is 2.27 bits per heavy atom. The Hall–Kier alpha value is -0.590. The van der Waals surface area contributed by atoms with Crippen molar-refractivity contribution in [3.63, 3.8) is 0 Å². The van der Waals surface area contributed by atoms with Gasteiger partial charge in [0.25, 0.3) is 0 Å². The molecule has 1 atom stereocenters. The third-order valence-electron chi connectivity index (χ3n) is 2.14. The number of nitrogens with zero attached hydrogens (tertiary/aromatic N) is 3. The standard InChI is InChI=1S/C9H18N4OS/c1-4-13-8(5-10)11-12-9(13)15-6-7(2)14-3/h7H,4-6,10H2,1-3H3. The van der Waals surface area contributed by atoms with Crippen molar-refractivity contribution in [2.24, 2.45) is 5.73 Å². The van der Waals surface area contributed by atoms with Gasteiger partial charge in [0.05, 0.1) is 12.6 Å². The van der Waals surface area contributed by atoms with Crippen LogP contribution in [-0.2, 0) is 17.8 Å². The van der Waals surface area contributed by atoms with E-state index in [0.29, 0.717) is 6.54 Å².